The molecular weight excluding hydrogens is 291 g/mol. The molecule has 112 valence electrons. The van der Waals surface area contributed by atoms with E-state index in [-0.39, 0.29) is 5.02 Å². The number of pyridine rings is 1. The Kier molecular flexibility index (Phi) is 5.53. The Morgan fingerprint density at radius 3 is 2.86 bits per heavy atom. The lowest BCUT2D eigenvalue weighted by atomic mass is 10.2. The number of hydrogen-bond donors (Lipinski definition) is 1. The molecule has 1 N–H and O–H groups in total. The van der Waals surface area contributed by atoms with Crippen LogP contribution in [0.5, 0.6) is 11.6 Å². The van der Waals surface area contributed by atoms with Crippen LogP contribution >= 0.6 is 11.6 Å². The molecule has 5 heteroatoms. The van der Waals surface area contributed by atoms with Crippen molar-refractivity contribution in [1.82, 2.24) is 10.3 Å². The highest BCUT2D eigenvalue weighted by molar-refractivity contribution is 6.30. The molecular formula is C16H18ClFN2O. The zero-order valence-electron chi connectivity index (χ0n) is 12.1. The lowest BCUT2D eigenvalue weighted by Crippen LogP contribution is -2.19. The maximum atomic E-state index is 13.1. The molecule has 21 heavy (non-hydrogen) atoms. The Morgan fingerprint density at radius 1 is 1.33 bits per heavy atom. The van der Waals surface area contributed by atoms with Crippen molar-refractivity contribution in [3.05, 3.63) is 52.9 Å². The second-order valence-corrected chi connectivity index (χ2v) is 5.58. The highest BCUT2D eigenvalue weighted by atomic mass is 35.5. The molecule has 0 radical (unpaired) electrons. The molecule has 3 nitrogen and oxygen atoms in total. The summed E-state index contributed by atoms with van der Waals surface area (Å²) >= 11 is 5.75. The van der Waals surface area contributed by atoms with Crippen molar-refractivity contribution >= 4 is 11.6 Å². The zero-order chi connectivity index (χ0) is 15.2. The summed E-state index contributed by atoms with van der Waals surface area (Å²) in [6.07, 6.45) is 1.66. The monoisotopic (exact) mass is 308 g/mol. The quantitative estimate of drug-likeness (QED) is 0.858. The summed E-state index contributed by atoms with van der Waals surface area (Å²) in [7, 11) is 0. The van der Waals surface area contributed by atoms with E-state index in [9.17, 15) is 4.39 Å². The highest BCUT2D eigenvalue weighted by Crippen LogP contribution is 2.26. The minimum absolute atomic E-state index is 0.0305. The minimum atomic E-state index is -0.469. The van der Waals surface area contributed by atoms with Gasteiger partial charge in [-0.25, -0.2) is 9.37 Å². The molecule has 0 aliphatic rings. The SMILES string of the molecule is CC(C)CNCc1cccnc1Oc1ccc(F)c(Cl)c1. The first-order valence-electron chi connectivity index (χ1n) is 6.84. The number of ether oxygens (including phenoxy) is 1. The van der Waals surface area contributed by atoms with Gasteiger partial charge in [-0.3, -0.25) is 0 Å². The molecule has 1 aromatic carbocycles. The maximum absolute atomic E-state index is 13.1. The number of halogens is 2. The van der Waals surface area contributed by atoms with E-state index in [1.807, 2.05) is 12.1 Å². The van der Waals surface area contributed by atoms with Crippen LogP contribution in [0.2, 0.25) is 5.02 Å². The third-order valence-electron chi connectivity index (χ3n) is 2.82. The van der Waals surface area contributed by atoms with Gasteiger partial charge in [-0.1, -0.05) is 31.5 Å². The van der Waals surface area contributed by atoms with Crippen LogP contribution in [0, 0.1) is 11.7 Å². The van der Waals surface area contributed by atoms with Gasteiger partial charge >= 0.3 is 0 Å². The predicted octanol–water partition coefficient (Wildman–Crippen LogP) is 4.41. The second kappa shape index (κ2) is 7.38. The van der Waals surface area contributed by atoms with Gasteiger partial charge in [0.2, 0.25) is 5.88 Å². The third-order valence-corrected chi connectivity index (χ3v) is 3.11. The lowest BCUT2D eigenvalue weighted by molar-refractivity contribution is 0.449. The van der Waals surface area contributed by atoms with E-state index >= 15 is 0 Å². The Labute approximate surface area is 129 Å². The van der Waals surface area contributed by atoms with Gasteiger partial charge in [-0.2, -0.15) is 0 Å². The van der Waals surface area contributed by atoms with Crippen molar-refractivity contribution in [3.63, 3.8) is 0 Å². The van der Waals surface area contributed by atoms with Gasteiger partial charge < -0.3 is 10.1 Å². The van der Waals surface area contributed by atoms with E-state index < -0.39 is 5.82 Å². The molecule has 1 heterocycles. The van der Waals surface area contributed by atoms with E-state index in [2.05, 4.69) is 24.1 Å². The van der Waals surface area contributed by atoms with Crippen molar-refractivity contribution in [3.8, 4) is 11.6 Å². The molecule has 2 rings (SSSR count). The number of benzene rings is 1. The maximum Gasteiger partial charge on any atom is 0.223 e. The number of rotatable bonds is 6. The van der Waals surface area contributed by atoms with Crippen molar-refractivity contribution in [1.29, 1.82) is 0 Å². The first-order chi connectivity index (χ1) is 10.1. The van der Waals surface area contributed by atoms with Crippen LogP contribution in [0.3, 0.4) is 0 Å². The molecule has 0 bridgehead atoms. The molecule has 2 aromatic rings. The minimum Gasteiger partial charge on any atom is -0.439 e. The van der Waals surface area contributed by atoms with Gasteiger partial charge in [0.05, 0.1) is 5.02 Å². The van der Waals surface area contributed by atoms with Crippen LogP contribution in [-0.2, 0) is 6.54 Å². The van der Waals surface area contributed by atoms with E-state index in [0.29, 0.717) is 24.1 Å². The van der Waals surface area contributed by atoms with Crippen molar-refractivity contribution in [2.75, 3.05) is 6.54 Å². The summed E-state index contributed by atoms with van der Waals surface area (Å²) in [4.78, 5) is 4.22. The average molecular weight is 309 g/mol. The summed E-state index contributed by atoms with van der Waals surface area (Å²) in [6.45, 7) is 5.87. The van der Waals surface area contributed by atoms with Crippen LogP contribution in [0.1, 0.15) is 19.4 Å². The smallest absolute Gasteiger partial charge is 0.223 e. The topological polar surface area (TPSA) is 34.2 Å². The van der Waals surface area contributed by atoms with Crippen LogP contribution in [0.15, 0.2) is 36.5 Å². The van der Waals surface area contributed by atoms with Gasteiger partial charge in [0.25, 0.3) is 0 Å². The molecule has 0 fully saturated rings. The first-order valence-corrected chi connectivity index (χ1v) is 7.21. The first kappa shape index (κ1) is 15.7. The predicted molar refractivity (Wildman–Crippen MR) is 82.3 cm³/mol. The number of hydrogen-bond acceptors (Lipinski definition) is 3. The molecule has 0 amide bonds. The molecule has 0 saturated carbocycles. The third kappa shape index (κ3) is 4.69. The number of aromatic nitrogens is 1. The van der Waals surface area contributed by atoms with Crippen LogP contribution in [0.4, 0.5) is 4.39 Å². The lowest BCUT2D eigenvalue weighted by Gasteiger charge is -2.12. The van der Waals surface area contributed by atoms with Gasteiger partial charge in [-0.15, -0.1) is 0 Å². The summed E-state index contributed by atoms with van der Waals surface area (Å²) in [6, 6.07) is 8.05. The Bertz CT molecular complexity index is 605. The number of nitrogens with zero attached hydrogens (tertiary/aromatic N) is 1. The second-order valence-electron chi connectivity index (χ2n) is 5.17. The summed E-state index contributed by atoms with van der Waals surface area (Å²) in [5.74, 6) is 1.06. The molecule has 0 spiro atoms. The van der Waals surface area contributed by atoms with Crippen LogP contribution in [-0.4, -0.2) is 11.5 Å². The van der Waals surface area contributed by atoms with Crippen molar-refractivity contribution in [2.24, 2.45) is 5.92 Å². The molecule has 0 atom stereocenters. The molecule has 1 aromatic heterocycles. The molecule has 0 unspecified atom stereocenters. The van der Waals surface area contributed by atoms with Gasteiger partial charge in [0, 0.05) is 24.4 Å². The Morgan fingerprint density at radius 2 is 2.14 bits per heavy atom. The fourth-order valence-corrected chi connectivity index (χ4v) is 1.97. The van der Waals surface area contributed by atoms with Crippen LogP contribution in [0.25, 0.3) is 0 Å². The normalized spacial score (nSPS) is 10.9. The highest BCUT2D eigenvalue weighted by Gasteiger charge is 2.08. The van der Waals surface area contributed by atoms with E-state index in [4.69, 9.17) is 16.3 Å². The standard InChI is InChI=1S/C16H18ClFN2O/c1-11(2)9-19-10-12-4-3-7-20-16(12)21-13-5-6-15(18)14(17)8-13/h3-8,11,19H,9-10H2,1-2H3. The fraction of sp³-hybridized carbons (Fsp3) is 0.312. The summed E-state index contributed by atoms with van der Waals surface area (Å²) < 4.78 is 18.8. The average Bonchev–Trinajstić information content (AvgIpc) is 2.44. The van der Waals surface area contributed by atoms with E-state index in [0.717, 1.165) is 12.1 Å². The molecule has 0 aliphatic heterocycles. The Balaban J connectivity index is 2.10. The van der Waals surface area contributed by atoms with Gasteiger partial charge in [-0.05, 0) is 30.7 Å². The van der Waals surface area contributed by atoms with Crippen molar-refractivity contribution < 1.29 is 9.13 Å². The zero-order valence-corrected chi connectivity index (χ0v) is 12.8. The molecule has 0 saturated heterocycles. The van der Waals surface area contributed by atoms with Crippen LogP contribution < -0.4 is 10.1 Å². The summed E-state index contributed by atoms with van der Waals surface area (Å²) in [5.41, 5.74) is 0.943. The summed E-state index contributed by atoms with van der Waals surface area (Å²) in [5, 5.41) is 3.37. The van der Waals surface area contributed by atoms with E-state index in [1.54, 1.807) is 6.20 Å². The Hall–Kier alpha value is -1.65. The van der Waals surface area contributed by atoms with Crippen molar-refractivity contribution in [2.45, 2.75) is 20.4 Å². The largest absolute Gasteiger partial charge is 0.439 e. The fourth-order valence-electron chi connectivity index (χ4n) is 1.80. The molecule has 0 aliphatic carbocycles. The van der Waals surface area contributed by atoms with Gasteiger partial charge in [0.15, 0.2) is 0 Å². The number of nitrogens with one attached hydrogen (secondary N) is 1. The van der Waals surface area contributed by atoms with E-state index in [1.165, 1.54) is 18.2 Å². The van der Waals surface area contributed by atoms with Gasteiger partial charge in [0.1, 0.15) is 11.6 Å².